The number of hydrogen-bond acceptors (Lipinski definition) is 4. The van der Waals surface area contributed by atoms with Gasteiger partial charge in [-0.25, -0.2) is 0 Å². The molecule has 0 aromatic rings. The molecule has 0 saturated carbocycles. The van der Waals surface area contributed by atoms with Crippen LogP contribution in [-0.4, -0.2) is 41.4 Å². The molecular weight excluding hydrogens is 256 g/mol. The zero-order chi connectivity index (χ0) is 16.4. The van der Waals surface area contributed by atoms with E-state index in [9.17, 15) is 9.90 Å². The third kappa shape index (κ3) is 6.33. The molecule has 1 N–H and O–H groups in total. The molecule has 0 amide bonds. The van der Waals surface area contributed by atoms with Crippen LogP contribution in [-0.2, 0) is 14.3 Å². The van der Waals surface area contributed by atoms with E-state index in [-0.39, 0.29) is 5.78 Å². The standard InChI is InChI=1S/C16H32O4/c1-13(2,10-14(3,4)18)12(17)16(7,8)20-11-15(5,6)19-9/h18H,10-11H2,1-9H3. The van der Waals surface area contributed by atoms with E-state index in [1.165, 1.54) is 0 Å². The van der Waals surface area contributed by atoms with Gasteiger partial charge in [0.15, 0.2) is 5.78 Å². The molecule has 4 nitrogen and oxygen atoms in total. The summed E-state index contributed by atoms with van der Waals surface area (Å²) in [7, 11) is 1.62. The predicted molar refractivity (Wildman–Crippen MR) is 80.8 cm³/mol. The first-order chi connectivity index (χ1) is 8.63. The molecule has 0 saturated heterocycles. The third-order valence-corrected chi connectivity index (χ3v) is 3.37. The van der Waals surface area contributed by atoms with Crippen LogP contribution in [0.5, 0.6) is 0 Å². The first-order valence-corrected chi connectivity index (χ1v) is 7.09. The Balaban J connectivity index is 4.89. The minimum Gasteiger partial charge on any atom is -0.390 e. The van der Waals surface area contributed by atoms with Crippen LogP contribution in [0.15, 0.2) is 0 Å². The van der Waals surface area contributed by atoms with Crippen LogP contribution in [0.25, 0.3) is 0 Å². The Bertz CT molecular complexity index is 335. The van der Waals surface area contributed by atoms with Gasteiger partial charge in [0.1, 0.15) is 5.60 Å². The summed E-state index contributed by atoms with van der Waals surface area (Å²) in [4.78, 5) is 12.7. The molecule has 20 heavy (non-hydrogen) atoms. The highest BCUT2D eigenvalue weighted by atomic mass is 16.5. The van der Waals surface area contributed by atoms with Crippen molar-refractivity contribution in [1.82, 2.24) is 0 Å². The molecule has 0 rings (SSSR count). The number of rotatable bonds is 8. The van der Waals surface area contributed by atoms with Gasteiger partial charge in [0.05, 0.1) is 17.8 Å². The number of ether oxygens (including phenoxy) is 2. The second-order valence-corrected chi connectivity index (χ2v) is 7.97. The van der Waals surface area contributed by atoms with Crippen molar-refractivity contribution in [2.75, 3.05) is 13.7 Å². The lowest BCUT2D eigenvalue weighted by atomic mass is 9.73. The second-order valence-electron chi connectivity index (χ2n) is 7.97. The Morgan fingerprint density at radius 2 is 1.45 bits per heavy atom. The maximum atomic E-state index is 12.7. The normalized spacial score (nSPS) is 14.5. The van der Waals surface area contributed by atoms with E-state index in [2.05, 4.69) is 0 Å². The first kappa shape index (κ1) is 19.6. The zero-order valence-electron chi connectivity index (χ0n) is 14.6. The number of ketones is 1. The molecule has 0 aliphatic rings. The Morgan fingerprint density at radius 1 is 1.00 bits per heavy atom. The largest absolute Gasteiger partial charge is 0.390 e. The summed E-state index contributed by atoms with van der Waals surface area (Å²) >= 11 is 0. The van der Waals surface area contributed by atoms with Crippen molar-refractivity contribution in [1.29, 1.82) is 0 Å². The maximum absolute atomic E-state index is 12.7. The van der Waals surface area contributed by atoms with Crippen molar-refractivity contribution in [3.63, 3.8) is 0 Å². The lowest BCUT2D eigenvalue weighted by Crippen LogP contribution is -2.48. The minimum atomic E-state index is -0.912. The molecule has 120 valence electrons. The number of carbonyl (C=O) groups excluding carboxylic acids is 1. The Morgan fingerprint density at radius 3 is 1.80 bits per heavy atom. The maximum Gasteiger partial charge on any atom is 0.169 e. The van der Waals surface area contributed by atoms with E-state index in [1.807, 2.05) is 27.7 Å². The van der Waals surface area contributed by atoms with Crippen molar-refractivity contribution in [3.8, 4) is 0 Å². The SMILES string of the molecule is COC(C)(C)COC(C)(C)C(=O)C(C)(C)CC(C)(C)O. The summed E-state index contributed by atoms with van der Waals surface area (Å²) in [5, 5.41) is 9.95. The molecule has 0 fully saturated rings. The Kier molecular flexibility index (Phi) is 5.98. The predicted octanol–water partition coefficient (Wildman–Crippen LogP) is 2.96. The van der Waals surface area contributed by atoms with Gasteiger partial charge < -0.3 is 14.6 Å². The van der Waals surface area contributed by atoms with E-state index in [1.54, 1.807) is 34.8 Å². The Labute approximate surface area is 123 Å². The second kappa shape index (κ2) is 6.12. The van der Waals surface area contributed by atoms with Gasteiger partial charge in [-0.1, -0.05) is 13.8 Å². The van der Waals surface area contributed by atoms with Crippen molar-refractivity contribution in [2.45, 2.75) is 78.6 Å². The highest BCUT2D eigenvalue weighted by Gasteiger charge is 2.43. The highest BCUT2D eigenvalue weighted by Crippen LogP contribution is 2.34. The van der Waals surface area contributed by atoms with Crippen LogP contribution in [0.1, 0.15) is 61.8 Å². The highest BCUT2D eigenvalue weighted by molar-refractivity contribution is 5.91. The van der Waals surface area contributed by atoms with E-state index in [0.717, 1.165) is 0 Å². The molecule has 0 aliphatic carbocycles. The van der Waals surface area contributed by atoms with Gasteiger partial charge in [-0.05, 0) is 48.0 Å². The quantitative estimate of drug-likeness (QED) is 0.746. The molecule has 0 aliphatic heterocycles. The molecule has 0 unspecified atom stereocenters. The van der Waals surface area contributed by atoms with Crippen LogP contribution in [0.3, 0.4) is 0 Å². The molecule has 0 spiro atoms. The molecule has 0 heterocycles. The smallest absolute Gasteiger partial charge is 0.169 e. The molecule has 0 atom stereocenters. The van der Waals surface area contributed by atoms with Gasteiger partial charge in [-0.3, -0.25) is 4.79 Å². The lowest BCUT2D eigenvalue weighted by Gasteiger charge is -2.38. The van der Waals surface area contributed by atoms with Crippen molar-refractivity contribution in [3.05, 3.63) is 0 Å². The van der Waals surface area contributed by atoms with E-state index >= 15 is 0 Å². The zero-order valence-corrected chi connectivity index (χ0v) is 14.6. The van der Waals surface area contributed by atoms with Gasteiger partial charge in [0.25, 0.3) is 0 Å². The van der Waals surface area contributed by atoms with Crippen LogP contribution < -0.4 is 0 Å². The topological polar surface area (TPSA) is 55.8 Å². The minimum absolute atomic E-state index is 0.0148. The summed E-state index contributed by atoms with van der Waals surface area (Å²) in [5.74, 6) is -0.0148. The van der Waals surface area contributed by atoms with Crippen LogP contribution >= 0.6 is 0 Å². The average molecular weight is 288 g/mol. The molecular formula is C16H32O4. The fourth-order valence-corrected chi connectivity index (χ4v) is 2.46. The molecule has 0 radical (unpaired) electrons. The van der Waals surface area contributed by atoms with Gasteiger partial charge in [0, 0.05) is 12.5 Å². The number of hydrogen-bond donors (Lipinski definition) is 1. The first-order valence-electron chi connectivity index (χ1n) is 7.09. The Hall–Kier alpha value is -0.450. The van der Waals surface area contributed by atoms with Crippen molar-refractivity contribution >= 4 is 5.78 Å². The number of methoxy groups -OCH3 is 1. The average Bonchev–Trinajstić information content (AvgIpc) is 2.22. The fraction of sp³-hybridized carbons (Fsp3) is 0.938. The van der Waals surface area contributed by atoms with E-state index < -0.39 is 22.2 Å². The number of Topliss-reactive ketones (excluding diaryl/α,β-unsaturated/α-hetero) is 1. The summed E-state index contributed by atoms with van der Waals surface area (Å²) < 4.78 is 11.1. The third-order valence-electron chi connectivity index (χ3n) is 3.37. The van der Waals surface area contributed by atoms with Gasteiger partial charge in [-0.2, -0.15) is 0 Å². The monoisotopic (exact) mass is 288 g/mol. The number of aliphatic hydroxyl groups is 1. The molecule has 0 aromatic heterocycles. The van der Waals surface area contributed by atoms with Gasteiger partial charge >= 0.3 is 0 Å². The lowest BCUT2D eigenvalue weighted by molar-refractivity contribution is -0.161. The van der Waals surface area contributed by atoms with Crippen LogP contribution in [0.4, 0.5) is 0 Å². The van der Waals surface area contributed by atoms with E-state index in [0.29, 0.717) is 13.0 Å². The summed E-state index contributed by atoms with van der Waals surface area (Å²) in [5.41, 5.74) is -2.89. The summed E-state index contributed by atoms with van der Waals surface area (Å²) in [6.07, 6.45) is 0.388. The molecule has 0 aromatic carbocycles. The molecule has 4 heteroatoms. The van der Waals surface area contributed by atoms with Crippen LogP contribution in [0, 0.1) is 5.41 Å². The number of carbonyl (C=O) groups is 1. The van der Waals surface area contributed by atoms with Crippen molar-refractivity contribution in [2.24, 2.45) is 5.41 Å². The fourth-order valence-electron chi connectivity index (χ4n) is 2.46. The van der Waals surface area contributed by atoms with Gasteiger partial charge in [0.2, 0.25) is 0 Å². The van der Waals surface area contributed by atoms with E-state index in [4.69, 9.17) is 9.47 Å². The summed E-state index contributed by atoms with van der Waals surface area (Å²) in [6, 6.07) is 0. The summed E-state index contributed by atoms with van der Waals surface area (Å²) in [6.45, 7) is 14.8. The molecule has 0 bridgehead atoms. The van der Waals surface area contributed by atoms with Gasteiger partial charge in [-0.15, -0.1) is 0 Å². The van der Waals surface area contributed by atoms with Crippen molar-refractivity contribution < 1.29 is 19.4 Å². The van der Waals surface area contributed by atoms with Crippen LogP contribution in [0.2, 0.25) is 0 Å².